The molecule has 9 aromatic carbocycles. The molecule has 0 aliphatic heterocycles. The third-order valence-electron chi connectivity index (χ3n) is 11.6. The number of furan rings is 2. The Bertz CT molecular complexity index is 3480. The fourth-order valence-corrected chi connectivity index (χ4v) is 9.03. The van der Waals surface area contributed by atoms with Crippen LogP contribution >= 0.6 is 0 Å². The van der Waals surface area contributed by atoms with E-state index in [4.69, 9.17) is 8.83 Å². The van der Waals surface area contributed by atoms with Crippen LogP contribution in [0.5, 0.6) is 0 Å². The molecule has 0 atom stereocenters. The lowest BCUT2D eigenvalue weighted by Crippen LogP contribution is -2.10. The predicted molar refractivity (Wildman–Crippen MR) is 241 cm³/mol. The molecule has 3 aromatic heterocycles. The minimum Gasteiger partial charge on any atom is -0.456 e. The molecule has 0 spiro atoms. The van der Waals surface area contributed by atoms with Crippen LogP contribution in [0, 0.1) is 0 Å². The maximum absolute atomic E-state index is 6.64. The van der Waals surface area contributed by atoms with Gasteiger partial charge in [-0.3, -0.25) is 0 Å². The molecule has 272 valence electrons. The average Bonchev–Trinajstić information content (AvgIpc) is 3.97. The van der Waals surface area contributed by atoms with E-state index in [1.165, 1.54) is 38.5 Å². The molecule has 0 amide bonds. The van der Waals surface area contributed by atoms with E-state index in [0.717, 1.165) is 72.2 Å². The number of rotatable bonds is 6. The molecule has 0 unspecified atom stereocenters. The molecule has 0 aliphatic carbocycles. The van der Waals surface area contributed by atoms with Crippen LogP contribution in [0.2, 0.25) is 0 Å². The largest absolute Gasteiger partial charge is 0.456 e. The zero-order chi connectivity index (χ0) is 38.2. The van der Waals surface area contributed by atoms with Crippen LogP contribution < -0.4 is 4.90 Å². The fraction of sp³-hybridized carbons (Fsp3) is 0. The molecule has 4 heteroatoms. The van der Waals surface area contributed by atoms with Crippen LogP contribution in [-0.2, 0) is 0 Å². The lowest BCUT2D eigenvalue weighted by atomic mass is 9.93. The van der Waals surface area contributed by atoms with Crippen LogP contribution in [0.4, 0.5) is 17.1 Å². The normalized spacial score (nSPS) is 11.8. The number of nitrogens with zero attached hydrogens (tertiary/aromatic N) is 2. The summed E-state index contributed by atoms with van der Waals surface area (Å²) in [5, 5.41) is 6.85. The van der Waals surface area contributed by atoms with E-state index in [-0.39, 0.29) is 0 Å². The molecule has 58 heavy (non-hydrogen) atoms. The molecule has 0 N–H and O–H groups in total. The Balaban J connectivity index is 1.02. The Morgan fingerprint density at radius 2 is 0.879 bits per heavy atom. The Morgan fingerprint density at radius 3 is 1.62 bits per heavy atom. The van der Waals surface area contributed by atoms with Crippen molar-refractivity contribution in [3.8, 4) is 27.9 Å². The summed E-state index contributed by atoms with van der Waals surface area (Å²) in [7, 11) is 0. The Morgan fingerprint density at radius 1 is 0.345 bits per heavy atom. The van der Waals surface area contributed by atoms with Crippen molar-refractivity contribution in [2.75, 3.05) is 4.90 Å². The van der Waals surface area contributed by atoms with Crippen molar-refractivity contribution in [2.45, 2.75) is 0 Å². The summed E-state index contributed by atoms with van der Waals surface area (Å²) in [6, 6.07) is 73.2. The standard InChI is InChI=1S/C54H34N2O2/c1-2-15-39(40-16-3-8-22-47(40)56-48-23-9-4-17-41(48)42-18-5-10-24-49(42)56)38(14-1)35-28-30-36(31-29-35)55(37-32-33-53-46(34-37)44-20-7-11-26-51(44)57-53)50-25-13-21-45-43-19-6-12-27-52(43)58-54(45)50/h1-34H. The van der Waals surface area contributed by atoms with E-state index in [1.54, 1.807) is 0 Å². The molecule has 12 aromatic rings. The zero-order valence-corrected chi connectivity index (χ0v) is 31.3. The number of aromatic nitrogens is 1. The van der Waals surface area contributed by atoms with Gasteiger partial charge < -0.3 is 18.3 Å². The summed E-state index contributed by atoms with van der Waals surface area (Å²) in [5.74, 6) is 0. The van der Waals surface area contributed by atoms with E-state index in [0.29, 0.717) is 0 Å². The van der Waals surface area contributed by atoms with Crippen LogP contribution in [-0.4, -0.2) is 4.57 Å². The van der Waals surface area contributed by atoms with Gasteiger partial charge in [0.2, 0.25) is 0 Å². The van der Waals surface area contributed by atoms with Crippen molar-refractivity contribution < 1.29 is 8.83 Å². The summed E-state index contributed by atoms with van der Waals surface area (Å²) in [6.07, 6.45) is 0. The summed E-state index contributed by atoms with van der Waals surface area (Å²) in [4.78, 5) is 2.30. The highest BCUT2D eigenvalue weighted by molar-refractivity contribution is 6.12. The number of para-hydroxylation sites is 6. The number of anilines is 3. The van der Waals surface area contributed by atoms with Gasteiger partial charge in [0.05, 0.1) is 22.4 Å². The maximum Gasteiger partial charge on any atom is 0.159 e. The van der Waals surface area contributed by atoms with Crippen molar-refractivity contribution in [3.63, 3.8) is 0 Å². The van der Waals surface area contributed by atoms with Crippen LogP contribution in [0.25, 0.3) is 93.6 Å². The van der Waals surface area contributed by atoms with Crippen molar-refractivity contribution in [1.29, 1.82) is 0 Å². The highest BCUT2D eigenvalue weighted by Gasteiger charge is 2.22. The molecular formula is C54H34N2O2. The third kappa shape index (κ3) is 4.95. The zero-order valence-electron chi connectivity index (χ0n) is 31.3. The van der Waals surface area contributed by atoms with Gasteiger partial charge in [0.15, 0.2) is 5.58 Å². The molecule has 0 bridgehead atoms. The van der Waals surface area contributed by atoms with Gasteiger partial charge in [-0.2, -0.15) is 0 Å². The first-order chi connectivity index (χ1) is 28.8. The first kappa shape index (κ1) is 32.4. The second kappa shape index (κ2) is 12.9. The minimum atomic E-state index is 0.844. The van der Waals surface area contributed by atoms with Crippen LogP contribution in [0.15, 0.2) is 215 Å². The van der Waals surface area contributed by atoms with E-state index in [2.05, 4.69) is 191 Å². The van der Waals surface area contributed by atoms with Crippen molar-refractivity contribution in [2.24, 2.45) is 0 Å². The van der Waals surface area contributed by atoms with E-state index in [1.807, 2.05) is 24.3 Å². The highest BCUT2D eigenvalue weighted by Crippen LogP contribution is 2.45. The van der Waals surface area contributed by atoms with Gasteiger partial charge >= 0.3 is 0 Å². The molecule has 0 fully saturated rings. The Kier molecular flexibility index (Phi) is 7.20. The topological polar surface area (TPSA) is 34.5 Å². The first-order valence-corrected chi connectivity index (χ1v) is 19.7. The van der Waals surface area contributed by atoms with Gasteiger partial charge in [-0.15, -0.1) is 0 Å². The van der Waals surface area contributed by atoms with Crippen LogP contribution in [0.3, 0.4) is 0 Å². The maximum atomic E-state index is 6.64. The molecule has 0 saturated carbocycles. The molecule has 0 radical (unpaired) electrons. The Labute approximate surface area is 334 Å². The first-order valence-electron chi connectivity index (χ1n) is 19.7. The van der Waals surface area contributed by atoms with Gasteiger partial charge in [-0.1, -0.05) is 140 Å². The Hall–Kier alpha value is -7.82. The minimum absolute atomic E-state index is 0.844. The lowest BCUT2D eigenvalue weighted by Gasteiger charge is -2.26. The van der Waals surface area contributed by atoms with Gasteiger partial charge in [0.25, 0.3) is 0 Å². The van der Waals surface area contributed by atoms with Crippen molar-refractivity contribution in [1.82, 2.24) is 4.57 Å². The molecular weight excluding hydrogens is 709 g/mol. The quantitative estimate of drug-likeness (QED) is 0.170. The SMILES string of the molecule is c1ccc(-c2ccccc2-n2c3ccccc3c3ccccc32)c(-c2ccc(N(c3ccc4oc5ccccc5c4c3)c3cccc4c3oc3ccccc34)cc2)c1. The molecule has 3 heterocycles. The fourth-order valence-electron chi connectivity index (χ4n) is 9.03. The molecule has 12 rings (SSSR count). The summed E-state index contributed by atoms with van der Waals surface area (Å²) < 4.78 is 15.3. The van der Waals surface area contributed by atoms with Gasteiger partial charge in [0.1, 0.15) is 16.7 Å². The highest BCUT2D eigenvalue weighted by atomic mass is 16.3. The van der Waals surface area contributed by atoms with Gasteiger partial charge in [0, 0.05) is 49.3 Å². The molecule has 0 aliphatic rings. The lowest BCUT2D eigenvalue weighted by molar-refractivity contribution is 0.669. The van der Waals surface area contributed by atoms with E-state index >= 15 is 0 Å². The number of benzene rings is 9. The van der Waals surface area contributed by atoms with E-state index < -0.39 is 0 Å². The third-order valence-corrected chi connectivity index (χ3v) is 11.6. The summed E-state index contributed by atoms with van der Waals surface area (Å²) in [5.41, 5.74) is 14.6. The molecule has 0 saturated heterocycles. The number of fused-ring (bicyclic) bond motifs is 9. The monoisotopic (exact) mass is 742 g/mol. The second-order valence-corrected chi connectivity index (χ2v) is 14.8. The predicted octanol–water partition coefficient (Wildman–Crippen LogP) is 15.4. The van der Waals surface area contributed by atoms with Crippen molar-refractivity contribution in [3.05, 3.63) is 206 Å². The van der Waals surface area contributed by atoms with Gasteiger partial charge in [-0.05, 0) is 83.4 Å². The van der Waals surface area contributed by atoms with E-state index in [9.17, 15) is 0 Å². The second-order valence-electron chi connectivity index (χ2n) is 14.8. The number of hydrogen-bond acceptors (Lipinski definition) is 3. The van der Waals surface area contributed by atoms with Gasteiger partial charge in [-0.25, -0.2) is 0 Å². The summed E-state index contributed by atoms with van der Waals surface area (Å²) >= 11 is 0. The van der Waals surface area contributed by atoms with Crippen LogP contribution in [0.1, 0.15) is 0 Å². The summed E-state index contributed by atoms with van der Waals surface area (Å²) in [6.45, 7) is 0. The average molecular weight is 743 g/mol. The van der Waals surface area contributed by atoms with Crippen molar-refractivity contribution >= 4 is 82.7 Å². The smallest absolute Gasteiger partial charge is 0.159 e. The molecule has 4 nitrogen and oxygen atoms in total. The number of hydrogen-bond donors (Lipinski definition) is 0.